The molecule has 1 aliphatic rings. The fourth-order valence-electron chi connectivity index (χ4n) is 4.33. The fraction of sp³-hybridized carbons (Fsp3) is 0.192. The monoisotopic (exact) mass is 476 g/mol. The molecule has 4 aromatic rings. The van der Waals surface area contributed by atoms with Crippen molar-refractivity contribution in [2.75, 3.05) is 0 Å². The number of hydrogen-bond acceptors (Lipinski definition) is 4. The Morgan fingerprint density at radius 2 is 1.94 bits per heavy atom. The lowest BCUT2D eigenvalue weighted by atomic mass is 10.0. The molecule has 8 heteroatoms. The van der Waals surface area contributed by atoms with Crippen molar-refractivity contribution in [1.82, 2.24) is 19.7 Å². The van der Waals surface area contributed by atoms with E-state index in [1.54, 1.807) is 48.1 Å². The van der Waals surface area contributed by atoms with Crippen LogP contribution in [0.1, 0.15) is 35.6 Å². The molecule has 0 radical (unpaired) electrons. The van der Waals surface area contributed by atoms with Gasteiger partial charge < -0.3 is 10.0 Å². The van der Waals surface area contributed by atoms with Gasteiger partial charge in [0.2, 0.25) is 5.91 Å². The van der Waals surface area contributed by atoms with Crippen LogP contribution in [0.2, 0.25) is 5.15 Å². The largest absolute Gasteiger partial charge is 0.508 e. The minimum Gasteiger partial charge on any atom is -0.508 e. The van der Waals surface area contributed by atoms with Crippen molar-refractivity contribution < 1.29 is 14.3 Å². The molecule has 2 aromatic carbocycles. The van der Waals surface area contributed by atoms with Crippen molar-refractivity contribution in [3.8, 4) is 22.7 Å². The number of carbonyl (C=O) groups is 1. The molecule has 2 aromatic heterocycles. The number of phenolic OH excluding ortho intramolecular Hbond substituents is 1. The number of amides is 1. The van der Waals surface area contributed by atoms with Gasteiger partial charge in [-0.2, -0.15) is 5.10 Å². The number of rotatable bonds is 5. The maximum Gasteiger partial charge on any atom is 0.223 e. The van der Waals surface area contributed by atoms with Crippen LogP contribution in [0.4, 0.5) is 4.39 Å². The van der Waals surface area contributed by atoms with Crippen LogP contribution < -0.4 is 0 Å². The average Bonchev–Trinajstić information content (AvgIpc) is 3.42. The SMILES string of the molecule is Cc1cc(-n2cc([C@H]3CCC(=O)N3Cc3ccc(O)cc3)c(-c3ccc(Cl)nc3)n2)ccc1F. The van der Waals surface area contributed by atoms with Gasteiger partial charge in [-0.05, 0) is 66.9 Å². The van der Waals surface area contributed by atoms with E-state index in [0.29, 0.717) is 35.8 Å². The standard InChI is InChI=1S/C26H22ClFN4O2/c1-16-12-19(5-8-22(16)28)32-15-21(26(30-32)18-4-10-24(27)29-13-18)23-9-11-25(34)31(23)14-17-2-6-20(33)7-3-17/h2-8,10,12-13,15,23,33H,9,11,14H2,1H3/t23-/m1/s1. The molecule has 0 saturated carbocycles. The number of aryl methyl sites for hydroxylation is 1. The van der Waals surface area contributed by atoms with E-state index in [9.17, 15) is 14.3 Å². The second-order valence-corrected chi connectivity index (χ2v) is 8.81. The molecule has 0 unspecified atom stereocenters. The molecule has 0 spiro atoms. The zero-order chi connectivity index (χ0) is 23.8. The molecular weight excluding hydrogens is 455 g/mol. The molecular formula is C26H22ClFN4O2. The second kappa shape index (κ2) is 8.91. The van der Waals surface area contributed by atoms with Gasteiger partial charge in [0, 0.05) is 36.5 Å². The van der Waals surface area contributed by atoms with Crippen molar-refractivity contribution in [3.63, 3.8) is 0 Å². The minimum absolute atomic E-state index is 0.0589. The van der Waals surface area contributed by atoms with Gasteiger partial charge in [-0.3, -0.25) is 4.79 Å². The summed E-state index contributed by atoms with van der Waals surface area (Å²) < 4.78 is 15.6. The van der Waals surface area contributed by atoms with Crippen LogP contribution in [0.5, 0.6) is 5.75 Å². The van der Waals surface area contributed by atoms with Gasteiger partial charge in [0.25, 0.3) is 0 Å². The number of pyridine rings is 1. The summed E-state index contributed by atoms with van der Waals surface area (Å²) in [6, 6.07) is 15.1. The zero-order valence-electron chi connectivity index (χ0n) is 18.4. The first-order valence-corrected chi connectivity index (χ1v) is 11.3. The Labute approximate surface area is 201 Å². The number of likely N-dealkylation sites (tertiary alicyclic amines) is 1. The van der Waals surface area contributed by atoms with Gasteiger partial charge in [-0.1, -0.05) is 23.7 Å². The van der Waals surface area contributed by atoms with Crippen LogP contribution in [0.3, 0.4) is 0 Å². The van der Waals surface area contributed by atoms with Crippen LogP contribution in [0.25, 0.3) is 16.9 Å². The third-order valence-corrected chi connectivity index (χ3v) is 6.35. The van der Waals surface area contributed by atoms with Gasteiger partial charge in [-0.25, -0.2) is 14.1 Å². The van der Waals surface area contributed by atoms with Crippen molar-refractivity contribution in [2.45, 2.75) is 32.4 Å². The third-order valence-electron chi connectivity index (χ3n) is 6.13. The van der Waals surface area contributed by atoms with Crippen LogP contribution in [-0.4, -0.2) is 30.7 Å². The van der Waals surface area contributed by atoms with Crippen molar-refractivity contribution in [2.24, 2.45) is 0 Å². The van der Waals surface area contributed by atoms with E-state index in [0.717, 1.165) is 22.4 Å². The highest BCUT2D eigenvalue weighted by Gasteiger charge is 2.35. The maximum atomic E-state index is 13.9. The maximum absolute atomic E-state index is 13.9. The molecule has 1 saturated heterocycles. The van der Waals surface area contributed by atoms with Crippen molar-refractivity contribution >= 4 is 17.5 Å². The van der Waals surface area contributed by atoms with Crippen LogP contribution in [-0.2, 0) is 11.3 Å². The van der Waals surface area contributed by atoms with Gasteiger partial charge in [0.1, 0.15) is 16.7 Å². The molecule has 1 amide bonds. The summed E-state index contributed by atoms with van der Waals surface area (Å²) in [4.78, 5) is 18.9. The molecule has 1 fully saturated rings. The third kappa shape index (κ3) is 4.26. The van der Waals surface area contributed by atoms with Gasteiger partial charge in [0.15, 0.2) is 0 Å². The predicted molar refractivity (Wildman–Crippen MR) is 127 cm³/mol. The summed E-state index contributed by atoms with van der Waals surface area (Å²) >= 11 is 6.00. The molecule has 6 nitrogen and oxygen atoms in total. The highest BCUT2D eigenvalue weighted by atomic mass is 35.5. The Bertz CT molecular complexity index is 1350. The minimum atomic E-state index is -0.278. The van der Waals surface area contributed by atoms with Gasteiger partial charge in [-0.15, -0.1) is 0 Å². The van der Waals surface area contributed by atoms with E-state index in [4.69, 9.17) is 16.7 Å². The van der Waals surface area contributed by atoms with Crippen LogP contribution >= 0.6 is 11.6 Å². The summed E-state index contributed by atoms with van der Waals surface area (Å²) in [6.45, 7) is 2.13. The number of aromatic nitrogens is 3. The quantitative estimate of drug-likeness (QED) is 0.380. The fourth-order valence-corrected chi connectivity index (χ4v) is 4.44. The first kappa shape index (κ1) is 22.1. The van der Waals surface area contributed by atoms with Gasteiger partial charge >= 0.3 is 0 Å². The highest BCUT2D eigenvalue weighted by molar-refractivity contribution is 6.29. The molecule has 1 aliphatic heterocycles. The number of hydrogen-bond donors (Lipinski definition) is 1. The van der Waals surface area contributed by atoms with Gasteiger partial charge in [0.05, 0.1) is 17.4 Å². The lowest BCUT2D eigenvalue weighted by molar-refractivity contribution is -0.129. The summed E-state index contributed by atoms with van der Waals surface area (Å²) in [7, 11) is 0. The molecule has 0 bridgehead atoms. The first-order valence-electron chi connectivity index (χ1n) is 10.9. The van der Waals surface area contributed by atoms with E-state index < -0.39 is 0 Å². The zero-order valence-corrected chi connectivity index (χ0v) is 19.2. The molecule has 1 atom stereocenters. The average molecular weight is 477 g/mol. The Kier molecular flexibility index (Phi) is 5.79. The number of aromatic hydroxyl groups is 1. The number of carbonyl (C=O) groups excluding carboxylic acids is 1. The molecule has 34 heavy (non-hydrogen) atoms. The van der Waals surface area contributed by atoms with E-state index in [1.807, 2.05) is 29.3 Å². The summed E-state index contributed by atoms with van der Waals surface area (Å²) in [5.41, 5.74) is 4.53. The molecule has 1 N–H and O–H groups in total. The molecule has 5 rings (SSSR count). The van der Waals surface area contributed by atoms with E-state index in [2.05, 4.69) is 4.98 Å². The highest BCUT2D eigenvalue weighted by Crippen LogP contribution is 2.39. The first-order chi connectivity index (χ1) is 16.4. The summed E-state index contributed by atoms with van der Waals surface area (Å²) in [5.74, 6) is -0.0372. The number of phenols is 1. The Hall–Kier alpha value is -3.71. The second-order valence-electron chi connectivity index (χ2n) is 8.42. The van der Waals surface area contributed by atoms with E-state index in [1.165, 1.54) is 6.07 Å². The van der Waals surface area contributed by atoms with Crippen molar-refractivity contribution in [3.05, 3.63) is 94.7 Å². The van der Waals surface area contributed by atoms with Crippen LogP contribution in [0, 0.1) is 12.7 Å². The summed E-state index contributed by atoms with van der Waals surface area (Å²) in [6.07, 6.45) is 4.65. The van der Waals surface area contributed by atoms with Crippen molar-refractivity contribution in [1.29, 1.82) is 0 Å². The smallest absolute Gasteiger partial charge is 0.223 e. The molecule has 3 heterocycles. The number of benzene rings is 2. The lowest BCUT2D eigenvalue weighted by Gasteiger charge is -2.25. The van der Waals surface area contributed by atoms with E-state index >= 15 is 0 Å². The Morgan fingerprint density at radius 3 is 2.65 bits per heavy atom. The lowest BCUT2D eigenvalue weighted by Crippen LogP contribution is -2.27. The molecule has 0 aliphatic carbocycles. The summed E-state index contributed by atoms with van der Waals surface area (Å²) in [5, 5.41) is 14.8. The predicted octanol–water partition coefficient (Wildman–Crippen LogP) is 5.60. The van der Waals surface area contributed by atoms with E-state index in [-0.39, 0.29) is 23.5 Å². The van der Waals surface area contributed by atoms with Crippen LogP contribution in [0.15, 0.2) is 67.0 Å². The topological polar surface area (TPSA) is 71.2 Å². The Morgan fingerprint density at radius 1 is 1.15 bits per heavy atom. The normalized spacial score (nSPS) is 15.8. The molecule has 172 valence electrons. The number of nitrogens with zero attached hydrogens (tertiary/aromatic N) is 4. The number of halogens is 2. The Balaban J connectivity index is 1.58.